The zero-order valence-electron chi connectivity index (χ0n) is 21.7. The van der Waals surface area contributed by atoms with Crippen LogP contribution in [0.2, 0.25) is 0 Å². The average molecular weight is 498 g/mol. The van der Waals surface area contributed by atoms with Gasteiger partial charge in [0, 0.05) is 11.8 Å². The van der Waals surface area contributed by atoms with Crippen LogP contribution < -0.4 is 19.8 Å². The lowest BCUT2D eigenvalue weighted by Gasteiger charge is -2.26. The number of rotatable bonds is 8. The number of hydrogen-bond acceptors (Lipinski definition) is 5. The zero-order valence-corrected chi connectivity index (χ0v) is 21.7. The molecule has 5 rings (SSSR count). The molecule has 190 valence electrons. The Morgan fingerprint density at radius 1 is 0.919 bits per heavy atom. The van der Waals surface area contributed by atoms with Gasteiger partial charge in [-0.1, -0.05) is 38.0 Å². The van der Waals surface area contributed by atoms with E-state index in [0.29, 0.717) is 40.3 Å². The first-order chi connectivity index (χ1) is 17.9. The first kappa shape index (κ1) is 24.6. The van der Waals surface area contributed by atoms with Crippen molar-refractivity contribution in [3.8, 4) is 11.5 Å². The number of unbranched alkanes of at least 4 members (excludes halogenated alkanes) is 2. The number of ether oxygens (including phenoxy) is 2. The van der Waals surface area contributed by atoms with Gasteiger partial charge in [0.25, 0.3) is 5.91 Å². The van der Waals surface area contributed by atoms with Crippen molar-refractivity contribution in [2.45, 2.75) is 46.1 Å². The molecule has 37 heavy (non-hydrogen) atoms. The van der Waals surface area contributed by atoms with Crippen LogP contribution in [0.15, 0.2) is 69.9 Å². The van der Waals surface area contributed by atoms with Gasteiger partial charge in [-0.3, -0.25) is 14.5 Å². The molecule has 0 fully saturated rings. The van der Waals surface area contributed by atoms with Gasteiger partial charge >= 0.3 is 0 Å². The second-order valence-corrected chi connectivity index (χ2v) is 9.51. The Morgan fingerprint density at radius 3 is 2.46 bits per heavy atom. The molecule has 0 aliphatic carbocycles. The highest BCUT2D eigenvalue weighted by atomic mass is 16.5. The summed E-state index contributed by atoms with van der Waals surface area (Å²) in [6, 6.07) is 17.9. The zero-order chi connectivity index (χ0) is 26.1. The Bertz CT molecular complexity index is 1540. The second-order valence-electron chi connectivity index (χ2n) is 9.51. The maximum Gasteiger partial charge on any atom is 0.295 e. The standard InChI is InChI=1S/C31H31NO5/c1-5-6-7-14-36-24-13-8-10-21(17-24)28-27-29(33)25-15-19(2)20(3)16-26(25)37-30(27)31(34)32(28)22-11-9-12-23(18-22)35-4/h8-13,15-18,28H,5-7,14H2,1-4H3. The van der Waals surface area contributed by atoms with Gasteiger partial charge in [0.1, 0.15) is 17.1 Å². The Hall–Kier alpha value is -4.06. The number of carbonyl (C=O) groups excluding carboxylic acids is 1. The van der Waals surface area contributed by atoms with Gasteiger partial charge in [-0.25, -0.2) is 0 Å². The van der Waals surface area contributed by atoms with Gasteiger partial charge in [0.05, 0.1) is 30.7 Å². The summed E-state index contributed by atoms with van der Waals surface area (Å²) in [5.74, 6) is 1.03. The van der Waals surface area contributed by atoms with Gasteiger partial charge < -0.3 is 13.9 Å². The molecule has 0 N–H and O–H groups in total. The van der Waals surface area contributed by atoms with Crippen molar-refractivity contribution in [2.24, 2.45) is 0 Å². The fourth-order valence-corrected chi connectivity index (χ4v) is 4.89. The van der Waals surface area contributed by atoms with Gasteiger partial charge in [0.15, 0.2) is 5.43 Å². The van der Waals surface area contributed by atoms with Gasteiger partial charge in [-0.05, 0) is 73.4 Å². The Morgan fingerprint density at radius 2 is 1.68 bits per heavy atom. The van der Waals surface area contributed by atoms with E-state index in [0.717, 1.165) is 36.0 Å². The van der Waals surface area contributed by atoms with Crippen LogP contribution >= 0.6 is 0 Å². The van der Waals surface area contributed by atoms with Crippen LogP contribution in [0.3, 0.4) is 0 Å². The van der Waals surface area contributed by atoms with E-state index in [1.165, 1.54) is 0 Å². The molecule has 0 spiro atoms. The van der Waals surface area contributed by atoms with Crippen molar-refractivity contribution >= 4 is 22.6 Å². The maximum atomic E-state index is 13.9. The summed E-state index contributed by atoms with van der Waals surface area (Å²) < 4.78 is 17.6. The van der Waals surface area contributed by atoms with Crippen molar-refractivity contribution in [1.82, 2.24) is 0 Å². The first-order valence-corrected chi connectivity index (χ1v) is 12.7. The van der Waals surface area contributed by atoms with Gasteiger partial charge in [-0.2, -0.15) is 0 Å². The lowest BCUT2D eigenvalue weighted by atomic mass is 9.97. The number of anilines is 1. The smallest absolute Gasteiger partial charge is 0.295 e. The summed E-state index contributed by atoms with van der Waals surface area (Å²) in [5.41, 5.74) is 3.94. The first-order valence-electron chi connectivity index (χ1n) is 12.7. The molecule has 0 saturated carbocycles. The third-order valence-electron chi connectivity index (χ3n) is 7.01. The summed E-state index contributed by atoms with van der Waals surface area (Å²) in [4.78, 5) is 29.4. The van der Waals surface area contributed by atoms with Gasteiger partial charge in [0.2, 0.25) is 5.76 Å². The number of amides is 1. The van der Waals surface area contributed by atoms with Crippen molar-refractivity contribution in [1.29, 1.82) is 0 Å². The predicted octanol–water partition coefficient (Wildman–Crippen LogP) is 6.74. The highest BCUT2D eigenvalue weighted by molar-refractivity contribution is 6.10. The largest absolute Gasteiger partial charge is 0.497 e. The molecule has 1 unspecified atom stereocenters. The van der Waals surface area contributed by atoms with Crippen LogP contribution in [-0.2, 0) is 0 Å². The molecule has 1 aliphatic heterocycles. The van der Waals surface area contributed by atoms with Crippen LogP contribution in [0, 0.1) is 13.8 Å². The summed E-state index contributed by atoms with van der Waals surface area (Å²) in [7, 11) is 1.58. The predicted molar refractivity (Wildman–Crippen MR) is 145 cm³/mol. The van der Waals surface area contributed by atoms with E-state index in [-0.39, 0.29) is 17.1 Å². The number of hydrogen-bond donors (Lipinski definition) is 0. The molecule has 0 radical (unpaired) electrons. The minimum atomic E-state index is -0.670. The van der Waals surface area contributed by atoms with E-state index in [9.17, 15) is 9.59 Å². The number of fused-ring (bicyclic) bond motifs is 2. The summed E-state index contributed by atoms with van der Waals surface area (Å²) >= 11 is 0. The lowest BCUT2D eigenvalue weighted by molar-refractivity contribution is 0.0971. The SMILES string of the molecule is CCCCCOc1cccc(C2c3c(oc4cc(C)c(C)cc4c3=O)C(=O)N2c2cccc(OC)c2)c1. The fraction of sp³-hybridized carbons (Fsp3) is 0.290. The van der Waals surface area contributed by atoms with E-state index in [2.05, 4.69) is 6.92 Å². The van der Waals surface area contributed by atoms with Crippen LogP contribution in [-0.4, -0.2) is 19.6 Å². The molecule has 6 heteroatoms. The molecule has 3 aromatic carbocycles. The highest BCUT2D eigenvalue weighted by Gasteiger charge is 2.44. The quantitative estimate of drug-likeness (QED) is 0.252. The number of methoxy groups -OCH3 is 1. The van der Waals surface area contributed by atoms with E-state index < -0.39 is 6.04 Å². The number of carbonyl (C=O) groups is 1. The average Bonchev–Trinajstić information content (AvgIpc) is 3.20. The van der Waals surface area contributed by atoms with E-state index in [1.54, 1.807) is 18.1 Å². The van der Waals surface area contributed by atoms with Gasteiger partial charge in [-0.15, -0.1) is 0 Å². The molecule has 1 aromatic heterocycles. The molecule has 1 atom stereocenters. The minimum Gasteiger partial charge on any atom is -0.497 e. The van der Waals surface area contributed by atoms with E-state index >= 15 is 0 Å². The number of benzene rings is 3. The van der Waals surface area contributed by atoms with E-state index in [1.807, 2.05) is 68.4 Å². The third-order valence-corrected chi connectivity index (χ3v) is 7.01. The molecular formula is C31H31NO5. The number of aryl methyl sites for hydroxylation is 2. The summed E-state index contributed by atoms with van der Waals surface area (Å²) in [5, 5.41) is 0.471. The Balaban J connectivity index is 1.69. The molecular weight excluding hydrogens is 466 g/mol. The molecule has 1 aliphatic rings. The van der Waals surface area contributed by atoms with Crippen molar-refractivity contribution < 1.29 is 18.7 Å². The molecule has 0 saturated heterocycles. The second kappa shape index (κ2) is 10.1. The molecule has 4 aromatic rings. The maximum absolute atomic E-state index is 13.9. The Labute approximate surface area is 216 Å². The van der Waals surface area contributed by atoms with Crippen molar-refractivity contribution in [3.63, 3.8) is 0 Å². The summed E-state index contributed by atoms with van der Waals surface area (Å²) in [6.45, 7) is 6.69. The van der Waals surface area contributed by atoms with Crippen LogP contribution in [0.5, 0.6) is 11.5 Å². The monoisotopic (exact) mass is 497 g/mol. The molecule has 2 heterocycles. The Kier molecular flexibility index (Phi) is 6.74. The fourth-order valence-electron chi connectivity index (χ4n) is 4.89. The molecule has 0 bridgehead atoms. The van der Waals surface area contributed by atoms with Crippen molar-refractivity contribution in [3.05, 3.63) is 98.9 Å². The molecule has 6 nitrogen and oxygen atoms in total. The summed E-state index contributed by atoms with van der Waals surface area (Å²) in [6.07, 6.45) is 3.18. The van der Waals surface area contributed by atoms with Crippen LogP contribution in [0.25, 0.3) is 11.0 Å². The van der Waals surface area contributed by atoms with Crippen LogP contribution in [0.4, 0.5) is 5.69 Å². The minimum absolute atomic E-state index is 0.0721. The van der Waals surface area contributed by atoms with Crippen molar-refractivity contribution in [2.75, 3.05) is 18.6 Å². The number of nitrogens with zero attached hydrogens (tertiary/aromatic N) is 1. The van der Waals surface area contributed by atoms with E-state index in [4.69, 9.17) is 13.9 Å². The van der Waals surface area contributed by atoms with Crippen LogP contribution in [0.1, 0.15) is 65.0 Å². The normalized spacial score (nSPS) is 14.8. The third kappa shape index (κ3) is 4.48. The highest BCUT2D eigenvalue weighted by Crippen LogP contribution is 2.42. The molecule has 1 amide bonds. The topological polar surface area (TPSA) is 69.0 Å². The lowest BCUT2D eigenvalue weighted by Crippen LogP contribution is -2.29.